The standard InChI is InChI=1S/C23H29N5O3/c1-15-14-21-24-16(2)19(17(3)28(21)25-15)7-8-22(29)26-12-9-18(10-13-26)27-11-5-6-20(27)23(30)31-4/h5-6,11,14,18H,7-10,12-13H2,1-4H3. The first-order valence-corrected chi connectivity index (χ1v) is 10.7. The van der Waals surface area contributed by atoms with Crippen molar-refractivity contribution >= 4 is 17.5 Å². The maximum Gasteiger partial charge on any atom is 0.354 e. The lowest BCUT2D eigenvalue weighted by molar-refractivity contribution is -0.132. The van der Waals surface area contributed by atoms with E-state index in [0.29, 0.717) is 31.6 Å². The molecule has 1 aliphatic rings. The van der Waals surface area contributed by atoms with Crippen LogP contribution in [-0.2, 0) is 16.0 Å². The van der Waals surface area contributed by atoms with E-state index in [2.05, 4.69) is 10.1 Å². The van der Waals surface area contributed by atoms with Crippen LogP contribution < -0.4 is 0 Å². The Labute approximate surface area is 181 Å². The van der Waals surface area contributed by atoms with Crippen LogP contribution in [-0.4, -0.2) is 56.1 Å². The molecule has 3 aromatic rings. The predicted molar refractivity (Wildman–Crippen MR) is 116 cm³/mol. The minimum atomic E-state index is -0.327. The van der Waals surface area contributed by atoms with E-state index in [9.17, 15) is 9.59 Å². The van der Waals surface area contributed by atoms with Gasteiger partial charge in [0.05, 0.1) is 12.8 Å². The number of nitrogens with zero attached hydrogens (tertiary/aromatic N) is 5. The van der Waals surface area contributed by atoms with Crippen LogP contribution in [0, 0.1) is 20.8 Å². The number of piperidine rings is 1. The summed E-state index contributed by atoms with van der Waals surface area (Å²) < 4.78 is 8.72. The summed E-state index contributed by atoms with van der Waals surface area (Å²) in [6.07, 6.45) is 4.67. The van der Waals surface area contributed by atoms with Crippen molar-refractivity contribution in [3.63, 3.8) is 0 Å². The van der Waals surface area contributed by atoms with Gasteiger partial charge in [-0.25, -0.2) is 14.3 Å². The maximum atomic E-state index is 12.9. The minimum Gasteiger partial charge on any atom is -0.464 e. The van der Waals surface area contributed by atoms with Gasteiger partial charge in [-0.15, -0.1) is 0 Å². The van der Waals surface area contributed by atoms with Crippen LogP contribution in [0.1, 0.15) is 58.4 Å². The van der Waals surface area contributed by atoms with Gasteiger partial charge in [-0.3, -0.25) is 4.79 Å². The number of fused-ring (bicyclic) bond motifs is 1. The van der Waals surface area contributed by atoms with Crippen LogP contribution in [0.25, 0.3) is 5.65 Å². The molecule has 1 amide bonds. The van der Waals surface area contributed by atoms with Gasteiger partial charge in [0.1, 0.15) is 5.69 Å². The van der Waals surface area contributed by atoms with E-state index in [0.717, 1.165) is 41.1 Å². The summed E-state index contributed by atoms with van der Waals surface area (Å²) in [6.45, 7) is 7.37. The van der Waals surface area contributed by atoms with E-state index in [1.54, 1.807) is 6.07 Å². The Kier molecular flexibility index (Phi) is 5.80. The number of hydrogen-bond donors (Lipinski definition) is 0. The van der Waals surface area contributed by atoms with E-state index in [1.807, 2.05) is 53.1 Å². The molecule has 0 radical (unpaired) electrons. The Hall–Kier alpha value is -3.16. The highest BCUT2D eigenvalue weighted by Crippen LogP contribution is 2.26. The Bertz CT molecular complexity index is 1120. The van der Waals surface area contributed by atoms with Gasteiger partial charge in [-0.1, -0.05) is 0 Å². The van der Waals surface area contributed by atoms with Gasteiger partial charge in [0.15, 0.2) is 5.65 Å². The van der Waals surface area contributed by atoms with E-state index in [-0.39, 0.29) is 17.9 Å². The summed E-state index contributed by atoms with van der Waals surface area (Å²) in [6, 6.07) is 5.81. The highest BCUT2D eigenvalue weighted by Gasteiger charge is 2.26. The van der Waals surface area contributed by atoms with Gasteiger partial charge in [0, 0.05) is 49.2 Å². The SMILES string of the molecule is COC(=O)c1cccn1C1CCN(C(=O)CCc2c(C)nc3cc(C)nn3c2C)CC1. The lowest BCUT2D eigenvalue weighted by atomic mass is 10.0. The third kappa shape index (κ3) is 4.06. The minimum absolute atomic E-state index is 0.162. The zero-order chi connectivity index (χ0) is 22.1. The van der Waals surface area contributed by atoms with E-state index in [4.69, 9.17) is 4.74 Å². The highest BCUT2D eigenvalue weighted by molar-refractivity contribution is 5.87. The summed E-state index contributed by atoms with van der Waals surface area (Å²) in [4.78, 5) is 31.4. The molecular formula is C23H29N5O3. The quantitative estimate of drug-likeness (QED) is 0.589. The van der Waals surface area contributed by atoms with Crippen LogP contribution in [0.2, 0.25) is 0 Å². The molecule has 0 bridgehead atoms. The number of methoxy groups -OCH3 is 1. The summed E-state index contributed by atoms with van der Waals surface area (Å²) >= 11 is 0. The topological polar surface area (TPSA) is 81.7 Å². The molecule has 0 atom stereocenters. The molecule has 8 nitrogen and oxygen atoms in total. The molecule has 1 aliphatic heterocycles. The van der Waals surface area contributed by atoms with Crippen LogP contribution in [0.5, 0.6) is 0 Å². The van der Waals surface area contributed by atoms with E-state index in [1.165, 1.54) is 7.11 Å². The zero-order valence-electron chi connectivity index (χ0n) is 18.6. The lowest BCUT2D eigenvalue weighted by Crippen LogP contribution is -2.39. The second-order valence-corrected chi connectivity index (χ2v) is 8.22. The second kappa shape index (κ2) is 8.53. The molecule has 4 heterocycles. The number of carbonyl (C=O) groups excluding carboxylic acids is 2. The molecule has 0 aromatic carbocycles. The van der Waals surface area contributed by atoms with Crippen LogP contribution in [0.3, 0.4) is 0 Å². The molecule has 8 heteroatoms. The summed E-state index contributed by atoms with van der Waals surface area (Å²) in [7, 11) is 1.39. The number of hydrogen-bond acceptors (Lipinski definition) is 5. The third-order valence-corrected chi connectivity index (χ3v) is 6.26. The first kappa shape index (κ1) is 21.1. The highest BCUT2D eigenvalue weighted by atomic mass is 16.5. The van der Waals surface area contributed by atoms with Gasteiger partial charge in [-0.05, 0) is 57.7 Å². The smallest absolute Gasteiger partial charge is 0.354 e. The fraction of sp³-hybridized carbons (Fsp3) is 0.478. The van der Waals surface area contributed by atoms with Gasteiger partial charge in [0.25, 0.3) is 0 Å². The second-order valence-electron chi connectivity index (χ2n) is 8.22. The van der Waals surface area contributed by atoms with Gasteiger partial charge < -0.3 is 14.2 Å². The van der Waals surface area contributed by atoms with Gasteiger partial charge in [0.2, 0.25) is 5.91 Å². The summed E-state index contributed by atoms with van der Waals surface area (Å²) in [5, 5.41) is 4.51. The van der Waals surface area contributed by atoms with Crippen molar-refractivity contribution in [3.05, 3.63) is 52.7 Å². The fourth-order valence-corrected chi connectivity index (χ4v) is 4.58. The van der Waals surface area contributed by atoms with Crippen LogP contribution in [0.15, 0.2) is 24.4 Å². The Morgan fingerprint density at radius 3 is 2.65 bits per heavy atom. The first-order chi connectivity index (χ1) is 14.9. The molecule has 0 saturated carbocycles. The molecule has 3 aromatic heterocycles. The van der Waals surface area contributed by atoms with Crippen molar-refractivity contribution < 1.29 is 14.3 Å². The van der Waals surface area contributed by atoms with Crippen molar-refractivity contribution in [1.29, 1.82) is 0 Å². The summed E-state index contributed by atoms with van der Waals surface area (Å²) in [5.74, 6) is -0.165. The molecule has 164 valence electrons. The van der Waals surface area contributed by atoms with Crippen LogP contribution in [0.4, 0.5) is 0 Å². The van der Waals surface area contributed by atoms with Gasteiger partial charge >= 0.3 is 5.97 Å². The Morgan fingerprint density at radius 1 is 1.19 bits per heavy atom. The summed E-state index contributed by atoms with van der Waals surface area (Å²) in [5.41, 5.74) is 5.44. The number of aromatic nitrogens is 4. The van der Waals surface area contributed by atoms with E-state index >= 15 is 0 Å². The molecule has 31 heavy (non-hydrogen) atoms. The average molecular weight is 424 g/mol. The maximum absolute atomic E-state index is 12.9. The normalized spacial score (nSPS) is 14.9. The molecule has 1 saturated heterocycles. The van der Waals surface area contributed by atoms with Crippen molar-refractivity contribution in [2.45, 2.75) is 52.5 Å². The van der Waals surface area contributed by atoms with Crippen molar-refractivity contribution in [2.24, 2.45) is 0 Å². The number of carbonyl (C=O) groups is 2. The Morgan fingerprint density at radius 2 is 1.94 bits per heavy atom. The first-order valence-electron chi connectivity index (χ1n) is 10.7. The number of aryl methyl sites for hydroxylation is 3. The van der Waals surface area contributed by atoms with Crippen molar-refractivity contribution in [1.82, 2.24) is 24.1 Å². The number of rotatable bonds is 5. The molecule has 4 rings (SSSR count). The monoisotopic (exact) mass is 423 g/mol. The Balaban J connectivity index is 1.38. The van der Waals surface area contributed by atoms with Crippen molar-refractivity contribution in [2.75, 3.05) is 20.2 Å². The number of ether oxygens (including phenoxy) is 1. The molecule has 0 aliphatic carbocycles. The molecule has 0 unspecified atom stereocenters. The molecule has 0 spiro atoms. The van der Waals surface area contributed by atoms with Gasteiger partial charge in [-0.2, -0.15) is 5.10 Å². The van der Waals surface area contributed by atoms with Crippen LogP contribution >= 0.6 is 0 Å². The molecule has 0 N–H and O–H groups in total. The number of likely N-dealkylation sites (tertiary alicyclic amines) is 1. The third-order valence-electron chi connectivity index (χ3n) is 6.26. The predicted octanol–water partition coefficient (Wildman–Crippen LogP) is 3.04. The zero-order valence-corrected chi connectivity index (χ0v) is 18.6. The molecular weight excluding hydrogens is 394 g/mol. The van der Waals surface area contributed by atoms with E-state index < -0.39 is 0 Å². The lowest BCUT2D eigenvalue weighted by Gasteiger charge is -2.33. The largest absolute Gasteiger partial charge is 0.464 e. The average Bonchev–Trinajstić information content (AvgIpc) is 3.39. The molecule has 1 fully saturated rings. The number of amides is 1. The number of esters is 1. The fourth-order valence-electron chi connectivity index (χ4n) is 4.58. The van der Waals surface area contributed by atoms with Crippen molar-refractivity contribution in [3.8, 4) is 0 Å².